The van der Waals surface area contributed by atoms with Gasteiger partial charge in [0, 0.05) is 18.4 Å². The Morgan fingerprint density at radius 2 is 1.12 bits per heavy atom. The van der Waals surface area contributed by atoms with Gasteiger partial charge in [-0.05, 0) is 83.5 Å². The molecule has 0 atom stereocenters. The monoisotopic (exact) mass is 427 g/mol. The van der Waals surface area contributed by atoms with E-state index < -0.39 is 0 Å². The number of allylic oxidation sites excluding steroid dienone is 4. The third-order valence-corrected chi connectivity index (χ3v) is 6.48. The van der Waals surface area contributed by atoms with Crippen LogP contribution in [0.3, 0.4) is 0 Å². The third-order valence-electron chi connectivity index (χ3n) is 6.48. The lowest BCUT2D eigenvalue weighted by molar-refractivity contribution is 0.907. The Morgan fingerprint density at radius 1 is 0.545 bits per heavy atom. The average molecular weight is 428 g/mol. The number of hydrogen-bond acceptors (Lipinski definition) is 1. The molecule has 4 aromatic carbocycles. The van der Waals surface area contributed by atoms with Gasteiger partial charge in [0.1, 0.15) is 0 Å². The molecule has 33 heavy (non-hydrogen) atoms. The first-order chi connectivity index (χ1) is 16.2. The Kier molecular flexibility index (Phi) is 5.95. The number of anilines is 1. The molecule has 0 heterocycles. The predicted molar refractivity (Wildman–Crippen MR) is 142 cm³/mol. The Labute approximate surface area is 197 Å². The summed E-state index contributed by atoms with van der Waals surface area (Å²) in [6.07, 6.45) is 6.66. The fourth-order valence-corrected chi connectivity index (χ4v) is 4.57. The van der Waals surface area contributed by atoms with E-state index in [2.05, 4.69) is 134 Å². The first-order valence-electron chi connectivity index (χ1n) is 11.6. The van der Waals surface area contributed by atoms with Gasteiger partial charge in [0.05, 0.1) is 0 Å². The average Bonchev–Trinajstić information content (AvgIpc) is 2.89. The van der Waals surface area contributed by atoms with Gasteiger partial charge >= 0.3 is 0 Å². The zero-order chi connectivity index (χ0) is 22.6. The highest BCUT2D eigenvalue weighted by atomic mass is 15.1. The lowest BCUT2D eigenvalue weighted by atomic mass is 9.92. The van der Waals surface area contributed by atoms with Crippen LogP contribution >= 0.6 is 0 Å². The molecule has 0 unspecified atom stereocenters. The summed E-state index contributed by atoms with van der Waals surface area (Å²) < 4.78 is 0. The van der Waals surface area contributed by atoms with Gasteiger partial charge in [-0.15, -0.1) is 0 Å². The summed E-state index contributed by atoms with van der Waals surface area (Å²) in [4.78, 5) is 2.29. The van der Waals surface area contributed by atoms with Crippen LogP contribution in [0.15, 0.2) is 121 Å². The molecule has 1 aliphatic rings. The quantitative estimate of drug-likeness (QED) is 0.308. The summed E-state index contributed by atoms with van der Waals surface area (Å²) in [7, 11) is 2.15. The van der Waals surface area contributed by atoms with Gasteiger partial charge in [-0.25, -0.2) is 0 Å². The number of rotatable bonds is 5. The summed E-state index contributed by atoms with van der Waals surface area (Å²) in [6.45, 7) is 2.15. The standard InChI is InChI=1S/C32H29N/c1-24-9-6-10-26(21-24)28-12-8-14-30(23-28)29-13-7-11-27(22-29)25-17-19-32(20-18-25)33(2)31-15-4-3-5-16-31/h3-17,19,21-23H,18,20H2,1-2H3. The molecule has 0 fully saturated rings. The molecule has 5 rings (SSSR count). The first kappa shape index (κ1) is 21.0. The lowest BCUT2D eigenvalue weighted by Crippen LogP contribution is -2.17. The Bertz CT molecular complexity index is 1330. The minimum absolute atomic E-state index is 1.05. The van der Waals surface area contributed by atoms with Crippen LogP contribution in [0.2, 0.25) is 0 Å². The van der Waals surface area contributed by atoms with Gasteiger partial charge in [0.2, 0.25) is 0 Å². The molecule has 162 valence electrons. The number of para-hydroxylation sites is 1. The largest absolute Gasteiger partial charge is 0.348 e. The molecule has 0 radical (unpaired) electrons. The minimum atomic E-state index is 1.05. The number of nitrogens with zero attached hydrogens (tertiary/aromatic N) is 1. The Morgan fingerprint density at radius 3 is 1.73 bits per heavy atom. The van der Waals surface area contributed by atoms with E-state index in [-0.39, 0.29) is 0 Å². The topological polar surface area (TPSA) is 3.24 Å². The number of aryl methyl sites for hydroxylation is 1. The second-order valence-corrected chi connectivity index (χ2v) is 8.78. The first-order valence-corrected chi connectivity index (χ1v) is 11.6. The van der Waals surface area contributed by atoms with Crippen LogP contribution in [-0.4, -0.2) is 7.05 Å². The molecule has 0 spiro atoms. The molecule has 0 bridgehead atoms. The third kappa shape index (κ3) is 4.68. The van der Waals surface area contributed by atoms with Crippen molar-refractivity contribution < 1.29 is 0 Å². The van der Waals surface area contributed by atoms with E-state index in [1.54, 1.807) is 0 Å². The van der Waals surface area contributed by atoms with E-state index in [1.807, 2.05) is 0 Å². The summed E-state index contributed by atoms with van der Waals surface area (Å²) in [6, 6.07) is 37.1. The van der Waals surface area contributed by atoms with Crippen molar-refractivity contribution in [1.82, 2.24) is 0 Å². The van der Waals surface area contributed by atoms with E-state index >= 15 is 0 Å². The lowest BCUT2D eigenvalue weighted by Gasteiger charge is -2.25. The minimum Gasteiger partial charge on any atom is -0.348 e. The van der Waals surface area contributed by atoms with E-state index in [0.717, 1.165) is 12.8 Å². The molecule has 0 saturated heterocycles. The van der Waals surface area contributed by atoms with Crippen molar-refractivity contribution in [2.45, 2.75) is 19.8 Å². The van der Waals surface area contributed by atoms with E-state index in [9.17, 15) is 0 Å². The van der Waals surface area contributed by atoms with Crippen LogP contribution in [0.5, 0.6) is 0 Å². The fraction of sp³-hybridized carbons (Fsp3) is 0.125. The molecule has 0 saturated carbocycles. The van der Waals surface area contributed by atoms with Crippen molar-refractivity contribution in [2.75, 3.05) is 11.9 Å². The van der Waals surface area contributed by atoms with Crippen molar-refractivity contribution in [3.05, 3.63) is 132 Å². The van der Waals surface area contributed by atoms with Crippen LogP contribution in [0, 0.1) is 6.92 Å². The zero-order valence-corrected chi connectivity index (χ0v) is 19.3. The van der Waals surface area contributed by atoms with Crippen LogP contribution in [0.4, 0.5) is 5.69 Å². The molecular formula is C32H29N. The van der Waals surface area contributed by atoms with Gasteiger partial charge in [0.25, 0.3) is 0 Å². The molecule has 0 amide bonds. The SMILES string of the molecule is Cc1cccc(-c2cccc(-c3cccc(C4=CC=C(N(C)c5ccccc5)CC4)c3)c2)c1. The smallest absolute Gasteiger partial charge is 0.0405 e. The molecular weight excluding hydrogens is 398 g/mol. The summed E-state index contributed by atoms with van der Waals surface area (Å²) in [5, 5.41) is 0. The van der Waals surface area contributed by atoms with Crippen molar-refractivity contribution in [2.24, 2.45) is 0 Å². The van der Waals surface area contributed by atoms with Gasteiger partial charge in [-0.2, -0.15) is 0 Å². The molecule has 0 aliphatic heterocycles. The van der Waals surface area contributed by atoms with E-state index in [4.69, 9.17) is 0 Å². The molecule has 4 aromatic rings. The van der Waals surface area contributed by atoms with Gasteiger partial charge in [-0.3, -0.25) is 0 Å². The molecule has 0 N–H and O–H groups in total. The fourth-order valence-electron chi connectivity index (χ4n) is 4.57. The van der Waals surface area contributed by atoms with Crippen molar-refractivity contribution in [1.29, 1.82) is 0 Å². The highest BCUT2D eigenvalue weighted by Crippen LogP contribution is 2.33. The molecule has 0 aromatic heterocycles. The zero-order valence-electron chi connectivity index (χ0n) is 19.3. The summed E-state index contributed by atoms with van der Waals surface area (Å²) in [5.41, 5.74) is 11.6. The van der Waals surface area contributed by atoms with Gasteiger partial charge in [0.15, 0.2) is 0 Å². The number of hydrogen-bond donors (Lipinski definition) is 0. The second-order valence-electron chi connectivity index (χ2n) is 8.78. The predicted octanol–water partition coefficient (Wildman–Crippen LogP) is 8.53. The summed E-state index contributed by atoms with van der Waals surface area (Å²) >= 11 is 0. The van der Waals surface area contributed by atoms with E-state index in [1.165, 1.54) is 50.3 Å². The summed E-state index contributed by atoms with van der Waals surface area (Å²) in [5.74, 6) is 0. The maximum atomic E-state index is 2.33. The molecule has 1 aliphatic carbocycles. The van der Waals surface area contributed by atoms with E-state index in [0.29, 0.717) is 0 Å². The maximum absolute atomic E-state index is 2.33. The van der Waals surface area contributed by atoms with Crippen LogP contribution in [0.25, 0.3) is 27.8 Å². The second kappa shape index (κ2) is 9.34. The maximum Gasteiger partial charge on any atom is 0.0405 e. The highest BCUT2D eigenvalue weighted by Gasteiger charge is 2.13. The van der Waals surface area contributed by atoms with Crippen LogP contribution in [0.1, 0.15) is 24.0 Å². The van der Waals surface area contributed by atoms with Crippen molar-refractivity contribution in [3.8, 4) is 22.3 Å². The van der Waals surface area contributed by atoms with Crippen molar-refractivity contribution >= 4 is 11.3 Å². The number of benzene rings is 4. The Hall–Kier alpha value is -3.84. The van der Waals surface area contributed by atoms with Crippen LogP contribution < -0.4 is 4.90 Å². The van der Waals surface area contributed by atoms with Gasteiger partial charge in [-0.1, -0.05) is 90.5 Å². The van der Waals surface area contributed by atoms with Gasteiger partial charge < -0.3 is 4.90 Å². The molecule has 1 nitrogen and oxygen atoms in total. The molecule has 1 heteroatoms. The normalized spacial score (nSPS) is 13.3. The van der Waals surface area contributed by atoms with Crippen molar-refractivity contribution in [3.63, 3.8) is 0 Å². The van der Waals surface area contributed by atoms with Crippen LogP contribution in [-0.2, 0) is 0 Å². The highest BCUT2D eigenvalue weighted by molar-refractivity contribution is 5.77. The Balaban J connectivity index is 1.41.